The molecule has 1 saturated heterocycles. The zero-order valence-corrected chi connectivity index (χ0v) is 16.7. The molecule has 2 amide bonds. The number of nitrogens with zero attached hydrogens (tertiary/aromatic N) is 1. The lowest BCUT2D eigenvalue weighted by atomic mass is 9.55. The van der Waals surface area contributed by atoms with Crippen molar-refractivity contribution in [1.29, 1.82) is 0 Å². The maximum absolute atomic E-state index is 13.6. The Balaban J connectivity index is 1.58. The number of hydrogen-bond acceptors (Lipinski definition) is 2. The highest BCUT2D eigenvalue weighted by atomic mass is 35.5. The van der Waals surface area contributed by atoms with Gasteiger partial charge >= 0.3 is 0 Å². The molecule has 0 N–H and O–H groups in total. The highest BCUT2D eigenvalue weighted by molar-refractivity contribution is 6.38. The van der Waals surface area contributed by atoms with Crippen molar-refractivity contribution < 1.29 is 9.59 Å². The largest absolute Gasteiger partial charge is 0.274 e. The van der Waals surface area contributed by atoms with Crippen LogP contribution in [0.15, 0.2) is 66.7 Å². The van der Waals surface area contributed by atoms with Gasteiger partial charge in [-0.25, -0.2) is 4.90 Å². The minimum Gasteiger partial charge on any atom is -0.274 e. The lowest BCUT2D eigenvalue weighted by Gasteiger charge is -2.45. The number of carbonyl (C=O) groups is 2. The Morgan fingerprint density at radius 1 is 0.655 bits per heavy atom. The van der Waals surface area contributed by atoms with E-state index in [1.165, 1.54) is 4.90 Å². The SMILES string of the molecule is O=C1C2C3c4ccccc4C(c4ccccc43)C2C(=O)N1c1cc(Cl)ccc1Cl. The van der Waals surface area contributed by atoms with Gasteiger partial charge in [0.25, 0.3) is 0 Å². The Kier molecular flexibility index (Phi) is 3.54. The van der Waals surface area contributed by atoms with Crippen LogP contribution in [0, 0.1) is 11.8 Å². The summed E-state index contributed by atoms with van der Waals surface area (Å²) in [6.07, 6.45) is 0. The van der Waals surface area contributed by atoms with Gasteiger partial charge in [0.05, 0.1) is 22.5 Å². The Morgan fingerprint density at radius 3 is 1.55 bits per heavy atom. The van der Waals surface area contributed by atoms with Crippen molar-refractivity contribution in [1.82, 2.24) is 0 Å². The molecule has 4 aliphatic rings. The summed E-state index contributed by atoms with van der Waals surface area (Å²) in [5.74, 6) is -1.49. The third kappa shape index (κ3) is 2.15. The number of hydrogen-bond donors (Lipinski definition) is 0. The number of anilines is 1. The molecule has 3 aliphatic carbocycles. The lowest BCUT2D eigenvalue weighted by Crippen LogP contribution is -2.41. The van der Waals surface area contributed by atoms with E-state index in [1.54, 1.807) is 18.2 Å². The normalized spacial score (nSPS) is 26.3. The van der Waals surface area contributed by atoms with E-state index in [4.69, 9.17) is 23.2 Å². The Labute approximate surface area is 177 Å². The summed E-state index contributed by atoms with van der Waals surface area (Å²) in [6, 6.07) is 21.2. The molecule has 7 rings (SSSR count). The molecular formula is C24H15Cl2NO2. The summed E-state index contributed by atoms with van der Waals surface area (Å²) in [7, 11) is 0. The van der Waals surface area contributed by atoms with E-state index < -0.39 is 11.8 Å². The Bertz CT molecular complexity index is 1110. The Hall–Kier alpha value is -2.62. The third-order valence-electron chi connectivity index (χ3n) is 6.60. The minimum absolute atomic E-state index is 0.128. The number of benzene rings is 3. The zero-order valence-electron chi connectivity index (χ0n) is 15.2. The van der Waals surface area contributed by atoms with Gasteiger partial charge < -0.3 is 0 Å². The smallest absolute Gasteiger partial charge is 0.238 e. The van der Waals surface area contributed by atoms with Crippen LogP contribution in [0.4, 0.5) is 5.69 Å². The van der Waals surface area contributed by atoms with Crippen molar-refractivity contribution >= 4 is 40.7 Å². The highest BCUT2D eigenvalue weighted by Gasteiger charge is 2.61. The van der Waals surface area contributed by atoms with E-state index in [-0.39, 0.29) is 23.7 Å². The zero-order chi connectivity index (χ0) is 19.9. The molecule has 2 unspecified atom stereocenters. The number of halogens is 2. The van der Waals surface area contributed by atoms with Crippen LogP contribution in [0.1, 0.15) is 34.1 Å². The fraction of sp³-hybridized carbons (Fsp3) is 0.167. The second-order valence-electron chi connectivity index (χ2n) is 7.87. The van der Waals surface area contributed by atoms with Gasteiger partial charge in [-0.2, -0.15) is 0 Å². The fourth-order valence-electron chi connectivity index (χ4n) is 5.57. The second-order valence-corrected chi connectivity index (χ2v) is 8.72. The van der Waals surface area contributed by atoms with Crippen LogP contribution in [-0.2, 0) is 9.59 Å². The summed E-state index contributed by atoms with van der Waals surface area (Å²) in [6.45, 7) is 0. The average Bonchev–Trinajstić information content (AvgIpc) is 3.01. The molecule has 2 bridgehead atoms. The molecule has 1 heterocycles. The molecule has 1 fully saturated rings. The van der Waals surface area contributed by atoms with Crippen molar-refractivity contribution in [3.63, 3.8) is 0 Å². The predicted molar refractivity (Wildman–Crippen MR) is 113 cm³/mol. The van der Waals surface area contributed by atoms with Crippen molar-refractivity contribution in [3.05, 3.63) is 99.0 Å². The van der Waals surface area contributed by atoms with Crippen LogP contribution < -0.4 is 4.90 Å². The molecule has 2 atom stereocenters. The van der Waals surface area contributed by atoms with E-state index in [0.29, 0.717) is 15.7 Å². The fourth-order valence-corrected chi connectivity index (χ4v) is 5.94. The molecule has 3 nitrogen and oxygen atoms in total. The monoisotopic (exact) mass is 419 g/mol. The van der Waals surface area contributed by atoms with Crippen molar-refractivity contribution in [2.24, 2.45) is 11.8 Å². The molecule has 3 aromatic rings. The van der Waals surface area contributed by atoms with Gasteiger partial charge in [0.1, 0.15) is 0 Å². The molecule has 1 aliphatic heterocycles. The topological polar surface area (TPSA) is 37.4 Å². The summed E-state index contributed by atoms with van der Waals surface area (Å²) in [5.41, 5.74) is 4.97. The van der Waals surface area contributed by atoms with Gasteiger partial charge in [0, 0.05) is 16.9 Å². The molecule has 142 valence electrons. The standard InChI is InChI=1S/C24H15Cl2NO2/c25-12-9-10-17(26)18(11-12)27-23(28)21-19-13-5-1-2-6-14(13)20(22(21)24(27)29)16-8-4-3-7-15(16)19/h1-11,19-22H. The van der Waals surface area contributed by atoms with E-state index >= 15 is 0 Å². The minimum atomic E-state index is -0.424. The van der Waals surface area contributed by atoms with Crippen molar-refractivity contribution in [2.45, 2.75) is 11.8 Å². The maximum Gasteiger partial charge on any atom is 0.238 e. The average molecular weight is 420 g/mol. The van der Waals surface area contributed by atoms with Gasteiger partial charge in [-0.1, -0.05) is 71.7 Å². The predicted octanol–water partition coefficient (Wildman–Crippen LogP) is 5.39. The molecule has 5 heteroatoms. The van der Waals surface area contributed by atoms with Gasteiger partial charge in [0.2, 0.25) is 11.8 Å². The number of carbonyl (C=O) groups excluding carboxylic acids is 2. The summed E-state index contributed by atoms with van der Waals surface area (Å²) >= 11 is 12.5. The molecule has 0 aromatic heterocycles. The molecule has 0 spiro atoms. The molecule has 3 aromatic carbocycles. The van der Waals surface area contributed by atoms with Crippen molar-refractivity contribution in [2.75, 3.05) is 4.90 Å². The summed E-state index contributed by atoms with van der Waals surface area (Å²) in [4.78, 5) is 28.5. The van der Waals surface area contributed by atoms with E-state index in [9.17, 15) is 9.59 Å². The van der Waals surface area contributed by atoms with E-state index in [2.05, 4.69) is 24.3 Å². The van der Waals surface area contributed by atoms with E-state index in [1.807, 2.05) is 24.3 Å². The lowest BCUT2D eigenvalue weighted by molar-refractivity contribution is -0.122. The van der Waals surface area contributed by atoms with Gasteiger partial charge in [-0.3, -0.25) is 9.59 Å². The van der Waals surface area contributed by atoms with Gasteiger partial charge in [0.15, 0.2) is 0 Å². The van der Waals surface area contributed by atoms with Crippen molar-refractivity contribution in [3.8, 4) is 0 Å². The second kappa shape index (κ2) is 5.94. The molecular weight excluding hydrogens is 405 g/mol. The maximum atomic E-state index is 13.6. The van der Waals surface area contributed by atoms with Crippen LogP contribution in [0.2, 0.25) is 10.0 Å². The first-order valence-electron chi connectivity index (χ1n) is 9.58. The van der Waals surface area contributed by atoms with Crippen LogP contribution >= 0.6 is 23.2 Å². The first kappa shape index (κ1) is 17.3. The molecule has 0 radical (unpaired) electrons. The number of amides is 2. The van der Waals surface area contributed by atoms with Crippen LogP contribution in [0.25, 0.3) is 0 Å². The van der Waals surface area contributed by atoms with Gasteiger partial charge in [-0.05, 0) is 40.5 Å². The number of imide groups is 1. The Morgan fingerprint density at radius 2 is 1.10 bits per heavy atom. The molecule has 29 heavy (non-hydrogen) atoms. The van der Waals surface area contributed by atoms with Crippen LogP contribution in [0.5, 0.6) is 0 Å². The highest BCUT2D eigenvalue weighted by Crippen LogP contribution is 2.61. The van der Waals surface area contributed by atoms with E-state index in [0.717, 1.165) is 22.3 Å². The third-order valence-corrected chi connectivity index (χ3v) is 7.15. The summed E-state index contributed by atoms with van der Waals surface area (Å²) < 4.78 is 0. The molecule has 0 saturated carbocycles. The summed E-state index contributed by atoms with van der Waals surface area (Å²) in [5, 5.41) is 0.784. The van der Waals surface area contributed by atoms with Crippen LogP contribution in [-0.4, -0.2) is 11.8 Å². The first-order valence-corrected chi connectivity index (χ1v) is 10.3. The van der Waals surface area contributed by atoms with Gasteiger partial charge in [-0.15, -0.1) is 0 Å². The number of rotatable bonds is 1. The van der Waals surface area contributed by atoms with Crippen LogP contribution in [0.3, 0.4) is 0 Å². The first-order chi connectivity index (χ1) is 14.1. The quantitative estimate of drug-likeness (QED) is 0.495.